The Bertz CT molecular complexity index is 260. The summed E-state index contributed by atoms with van der Waals surface area (Å²) in [6, 6.07) is 0.533. The topological polar surface area (TPSA) is 46.3 Å². The van der Waals surface area contributed by atoms with E-state index in [2.05, 4.69) is 18.7 Å². The molecule has 1 aliphatic carbocycles. The molecule has 20 heavy (non-hydrogen) atoms. The molecule has 0 unspecified atom stereocenters. The van der Waals surface area contributed by atoms with Gasteiger partial charge in [0, 0.05) is 19.0 Å². The Labute approximate surface area is 125 Å². The van der Waals surface area contributed by atoms with E-state index in [1.165, 1.54) is 32.1 Å². The van der Waals surface area contributed by atoms with Crippen LogP contribution in [0.25, 0.3) is 0 Å². The molecule has 0 aromatic rings. The van der Waals surface area contributed by atoms with E-state index in [9.17, 15) is 4.79 Å². The first-order chi connectivity index (χ1) is 9.65. The van der Waals surface area contributed by atoms with Crippen LogP contribution in [0.15, 0.2) is 0 Å². The van der Waals surface area contributed by atoms with Gasteiger partial charge in [0.15, 0.2) is 0 Å². The molecule has 1 amide bonds. The Hall–Kier alpha value is -0.570. The molecule has 3 nitrogen and oxygen atoms in total. The molecule has 118 valence electrons. The number of rotatable bonds is 10. The van der Waals surface area contributed by atoms with E-state index < -0.39 is 0 Å². The lowest BCUT2D eigenvalue weighted by Crippen LogP contribution is -2.39. The maximum atomic E-state index is 12.5. The molecule has 2 N–H and O–H groups in total. The van der Waals surface area contributed by atoms with Crippen LogP contribution >= 0.6 is 0 Å². The standard InChI is InChI=1S/C17H34N2O/c1-15(2)12-14-19(16-9-6-7-10-16)17(20)11-5-3-4-8-13-18/h15-16H,3-14,18H2,1-2H3. The van der Waals surface area contributed by atoms with E-state index >= 15 is 0 Å². The molecule has 0 aromatic heterocycles. The zero-order valence-corrected chi connectivity index (χ0v) is 13.6. The Kier molecular flexibility index (Phi) is 8.92. The fourth-order valence-electron chi connectivity index (χ4n) is 3.04. The summed E-state index contributed by atoms with van der Waals surface area (Å²) >= 11 is 0. The predicted octanol–water partition coefficient (Wildman–Crippen LogP) is 3.71. The van der Waals surface area contributed by atoms with Crippen molar-refractivity contribution >= 4 is 5.91 Å². The van der Waals surface area contributed by atoms with Crippen LogP contribution in [-0.4, -0.2) is 29.9 Å². The second-order valence-corrected chi connectivity index (χ2v) is 6.66. The minimum atomic E-state index is 0.394. The fourth-order valence-corrected chi connectivity index (χ4v) is 3.04. The van der Waals surface area contributed by atoms with E-state index in [0.717, 1.165) is 45.2 Å². The Balaban J connectivity index is 2.34. The van der Waals surface area contributed by atoms with Crippen molar-refractivity contribution in [1.82, 2.24) is 4.90 Å². The Morgan fingerprint density at radius 3 is 2.40 bits per heavy atom. The molecular weight excluding hydrogens is 248 g/mol. The third-order valence-electron chi connectivity index (χ3n) is 4.38. The predicted molar refractivity (Wildman–Crippen MR) is 85.6 cm³/mol. The number of unbranched alkanes of at least 4 members (excludes halogenated alkanes) is 3. The summed E-state index contributed by atoms with van der Waals surface area (Å²) in [4.78, 5) is 14.7. The van der Waals surface area contributed by atoms with E-state index in [4.69, 9.17) is 5.73 Å². The number of carbonyl (C=O) groups is 1. The van der Waals surface area contributed by atoms with E-state index in [1.54, 1.807) is 0 Å². The number of carbonyl (C=O) groups excluding carboxylic acids is 1. The number of hydrogen-bond acceptors (Lipinski definition) is 2. The van der Waals surface area contributed by atoms with Crippen LogP contribution in [-0.2, 0) is 4.79 Å². The summed E-state index contributed by atoms with van der Waals surface area (Å²) in [6.07, 6.45) is 11.3. The van der Waals surface area contributed by atoms with Crippen LogP contribution in [0.2, 0.25) is 0 Å². The van der Waals surface area contributed by atoms with Gasteiger partial charge in [0.05, 0.1) is 0 Å². The van der Waals surface area contributed by atoms with E-state index in [1.807, 2.05) is 0 Å². The lowest BCUT2D eigenvalue weighted by Gasteiger charge is -2.30. The maximum Gasteiger partial charge on any atom is 0.222 e. The van der Waals surface area contributed by atoms with Gasteiger partial charge in [-0.05, 0) is 44.6 Å². The monoisotopic (exact) mass is 282 g/mol. The van der Waals surface area contributed by atoms with Crippen molar-refractivity contribution in [2.75, 3.05) is 13.1 Å². The van der Waals surface area contributed by atoms with Crippen LogP contribution in [0.1, 0.15) is 78.1 Å². The molecular formula is C17H34N2O. The highest BCUT2D eigenvalue weighted by atomic mass is 16.2. The first-order valence-electron chi connectivity index (χ1n) is 8.64. The van der Waals surface area contributed by atoms with Gasteiger partial charge < -0.3 is 10.6 Å². The van der Waals surface area contributed by atoms with Gasteiger partial charge in [0.25, 0.3) is 0 Å². The van der Waals surface area contributed by atoms with Crippen LogP contribution in [0.4, 0.5) is 0 Å². The van der Waals surface area contributed by atoms with Gasteiger partial charge in [0.1, 0.15) is 0 Å². The molecule has 0 aliphatic heterocycles. The zero-order valence-electron chi connectivity index (χ0n) is 13.6. The smallest absolute Gasteiger partial charge is 0.222 e. The lowest BCUT2D eigenvalue weighted by molar-refractivity contribution is -0.133. The second kappa shape index (κ2) is 10.2. The molecule has 0 spiro atoms. The normalized spacial score (nSPS) is 16.0. The van der Waals surface area contributed by atoms with Crippen LogP contribution < -0.4 is 5.73 Å². The Morgan fingerprint density at radius 2 is 1.80 bits per heavy atom. The van der Waals surface area contributed by atoms with Gasteiger partial charge >= 0.3 is 0 Å². The summed E-state index contributed by atoms with van der Waals surface area (Å²) in [5.41, 5.74) is 5.49. The summed E-state index contributed by atoms with van der Waals surface area (Å²) in [6.45, 7) is 6.22. The molecule has 0 radical (unpaired) electrons. The van der Waals surface area contributed by atoms with Crippen molar-refractivity contribution in [3.63, 3.8) is 0 Å². The van der Waals surface area contributed by atoms with Gasteiger partial charge in [0.2, 0.25) is 5.91 Å². The second-order valence-electron chi connectivity index (χ2n) is 6.66. The van der Waals surface area contributed by atoms with Crippen molar-refractivity contribution in [1.29, 1.82) is 0 Å². The highest BCUT2D eigenvalue weighted by molar-refractivity contribution is 5.76. The van der Waals surface area contributed by atoms with Crippen molar-refractivity contribution in [3.05, 3.63) is 0 Å². The summed E-state index contributed by atoms with van der Waals surface area (Å²) in [5.74, 6) is 1.07. The Morgan fingerprint density at radius 1 is 1.15 bits per heavy atom. The molecule has 0 atom stereocenters. The summed E-state index contributed by atoms with van der Waals surface area (Å²) in [7, 11) is 0. The third kappa shape index (κ3) is 6.74. The minimum absolute atomic E-state index is 0.394. The van der Waals surface area contributed by atoms with Gasteiger partial charge in [-0.1, -0.05) is 39.5 Å². The first-order valence-corrected chi connectivity index (χ1v) is 8.64. The molecule has 3 heteroatoms. The number of nitrogens with two attached hydrogens (primary N) is 1. The molecule has 1 rings (SSSR count). The zero-order chi connectivity index (χ0) is 14.8. The van der Waals surface area contributed by atoms with Crippen molar-refractivity contribution in [2.45, 2.75) is 84.1 Å². The molecule has 0 heterocycles. The molecule has 1 saturated carbocycles. The van der Waals surface area contributed by atoms with E-state index in [0.29, 0.717) is 17.9 Å². The lowest BCUT2D eigenvalue weighted by atomic mass is 10.1. The number of amides is 1. The highest BCUT2D eigenvalue weighted by Gasteiger charge is 2.25. The van der Waals surface area contributed by atoms with E-state index in [-0.39, 0.29) is 0 Å². The van der Waals surface area contributed by atoms with Gasteiger partial charge in [-0.2, -0.15) is 0 Å². The van der Waals surface area contributed by atoms with Gasteiger partial charge in [-0.3, -0.25) is 4.79 Å². The molecule has 0 bridgehead atoms. The highest BCUT2D eigenvalue weighted by Crippen LogP contribution is 2.25. The van der Waals surface area contributed by atoms with Crippen molar-refractivity contribution in [2.24, 2.45) is 11.7 Å². The molecule has 0 aromatic carbocycles. The first kappa shape index (κ1) is 17.5. The molecule has 0 saturated heterocycles. The third-order valence-corrected chi connectivity index (χ3v) is 4.38. The van der Waals surface area contributed by atoms with Crippen LogP contribution in [0.5, 0.6) is 0 Å². The minimum Gasteiger partial charge on any atom is -0.340 e. The SMILES string of the molecule is CC(C)CCN(C(=O)CCCCCCN)C1CCCC1. The van der Waals surface area contributed by atoms with Crippen LogP contribution in [0.3, 0.4) is 0 Å². The van der Waals surface area contributed by atoms with Crippen molar-refractivity contribution < 1.29 is 4.79 Å². The average molecular weight is 282 g/mol. The molecule has 1 fully saturated rings. The number of nitrogens with zero attached hydrogens (tertiary/aromatic N) is 1. The summed E-state index contributed by atoms with van der Waals surface area (Å²) in [5, 5.41) is 0. The largest absolute Gasteiger partial charge is 0.340 e. The number of hydrogen-bond donors (Lipinski definition) is 1. The van der Waals surface area contributed by atoms with Gasteiger partial charge in [-0.25, -0.2) is 0 Å². The average Bonchev–Trinajstić information content (AvgIpc) is 2.92. The van der Waals surface area contributed by atoms with Crippen molar-refractivity contribution in [3.8, 4) is 0 Å². The molecule has 1 aliphatic rings. The fraction of sp³-hybridized carbons (Fsp3) is 0.941. The quantitative estimate of drug-likeness (QED) is 0.621. The van der Waals surface area contributed by atoms with Crippen LogP contribution in [0, 0.1) is 5.92 Å². The summed E-state index contributed by atoms with van der Waals surface area (Å²) < 4.78 is 0. The maximum absolute atomic E-state index is 12.5. The van der Waals surface area contributed by atoms with Gasteiger partial charge in [-0.15, -0.1) is 0 Å².